The molecule has 1 heterocycles. The summed E-state index contributed by atoms with van der Waals surface area (Å²) in [7, 11) is 0. The van der Waals surface area contributed by atoms with E-state index in [-0.39, 0.29) is 0 Å². The molecule has 0 radical (unpaired) electrons. The average Bonchev–Trinajstić information content (AvgIpc) is 2.15. The Labute approximate surface area is 82.6 Å². The molecular formula is C10H11NOS. The van der Waals surface area contributed by atoms with Gasteiger partial charge in [0.2, 0.25) is 0 Å². The van der Waals surface area contributed by atoms with Crippen LogP contribution in [0.5, 0.6) is 0 Å². The molecule has 1 aromatic rings. The number of nitrogens with zero attached hydrogens (tertiary/aromatic N) is 1. The van der Waals surface area contributed by atoms with Crippen molar-refractivity contribution in [3.8, 4) is 11.8 Å². The molecule has 3 heteroatoms. The third-order valence-corrected chi connectivity index (χ3v) is 2.28. The number of hydrogen-bond donors (Lipinski definition) is 0. The highest BCUT2D eigenvalue weighted by molar-refractivity contribution is 7.99. The largest absolute Gasteiger partial charge is 0.618 e. The zero-order valence-electron chi connectivity index (χ0n) is 7.49. The molecule has 68 valence electrons. The van der Waals surface area contributed by atoms with Crippen molar-refractivity contribution in [2.45, 2.75) is 18.4 Å². The van der Waals surface area contributed by atoms with Crippen LogP contribution in [0, 0.1) is 17.0 Å². The van der Waals surface area contributed by atoms with E-state index in [0.717, 1.165) is 11.2 Å². The van der Waals surface area contributed by atoms with Gasteiger partial charge in [0.05, 0.1) is 5.75 Å². The summed E-state index contributed by atoms with van der Waals surface area (Å²) in [6.45, 7) is 2.01. The molecule has 0 bridgehead atoms. The second-order valence-corrected chi connectivity index (χ2v) is 3.36. The van der Waals surface area contributed by atoms with Crippen molar-refractivity contribution in [3.63, 3.8) is 0 Å². The van der Waals surface area contributed by atoms with Gasteiger partial charge in [0.25, 0.3) is 5.03 Å². The van der Waals surface area contributed by atoms with Crippen LogP contribution in [0.2, 0.25) is 0 Å². The third kappa shape index (κ3) is 3.39. The van der Waals surface area contributed by atoms with Crippen molar-refractivity contribution in [2.24, 2.45) is 0 Å². The second-order valence-electron chi connectivity index (χ2n) is 2.36. The van der Waals surface area contributed by atoms with Crippen LogP contribution in [-0.2, 0) is 0 Å². The first kappa shape index (κ1) is 9.94. The summed E-state index contributed by atoms with van der Waals surface area (Å²) in [5.41, 5.74) is 0. The minimum Gasteiger partial charge on any atom is -0.618 e. The summed E-state index contributed by atoms with van der Waals surface area (Å²) >= 11 is 1.46. The molecule has 1 rings (SSSR count). The van der Waals surface area contributed by atoms with E-state index in [2.05, 4.69) is 11.8 Å². The summed E-state index contributed by atoms with van der Waals surface area (Å²) in [4.78, 5) is 0. The van der Waals surface area contributed by atoms with Gasteiger partial charge in [-0.25, -0.2) is 0 Å². The van der Waals surface area contributed by atoms with Crippen LogP contribution < -0.4 is 4.73 Å². The molecule has 0 aliphatic carbocycles. The Morgan fingerprint density at radius 1 is 1.46 bits per heavy atom. The van der Waals surface area contributed by atoms with E-state index < -0.39 is 0 Å². The lowest BCUT2D eigenvalue weighted by atomic mass is 10.5. The Morgan fingerprint density at radius 2 is 2.31 bits per heavy atom. The van der Waals surface area contributed by atoms with Gasteiger partial charge in [0.15, 0.2) is 6.20 Å². The summed E-state index contributed by atoms with van der Waals surface area (Å²) in [6.07, 6.45) is 2.36. The fourth-order valence-electron chi connectivity index (χ4n) is 0.810. The number of hydrogen-bond acceptors (Lipinski definition) is 2. The lowest BCUT2D eigenvalue weighted by molar-refractivity contribution is -0.645. The molecule has 0 fully saturated rings. The molecule has 0 aliphatic rings. The van der Waals surface area contributed by atoms with Gasteiger partial charge in [0.1, 0.15) is 0 Å². The monoisotopic (exact) mass is 193 g/mol. The average molecular weight is 193 g/mol. The highest BCUT2D eigenvalue weighted by atomic mass is 32.2. The fraction of sp³-hybridized carbons (Fsp3) is 0.300. The maximum Gasteiger partial charge on any atom is 0.252 e. The number of rotatable bonds is 2. The Morgan fingerprint density at radius 3 is 3.00 bits per heavy atom. The van der Waals surface area contributed by atoms with E-state index in [0.29, 0.717) is 10.8 Å². The van der Waals surface area contributed by atoms with Gasteiger partial charge < -0.3 is 5.21 Å². The lowest BCUT2D eigenvalue weighted by Crippen LogP contribution is -2.27. The lowest BCUT2D eigenvalue weighted by Gasteiger charge is -1.99. The van der Waals surface area contributed by atoms with Gasteiger partial charge in [-0.1, -0.05) is 12.8 Å². The maximum absolute atomic E-state index is 11.1. The highest BCUT2D eigenvalue weighted by Crippen LogP contribution is 2.10. The molecule has 2 nitrogen and oxygen atoms in total. The Bertz CT molecular complexity index is 327. The second kappa shape index (κ2) is 5.50. The van der Waals surface area contributed by atoms with Crippen LogP contribution in [0.15, 0.2) is 29.4 Å². The van der Waals surface area contributed by atoms with E-state index in [4.69, 9.17) is 0 Å². The van der Waals surface area contributed by atoms with Crippen molar-refractivity contribution in [1.82, 2.24) is 0 Å². The van der Waals surface area contributed by atoms with E-state index in [1.54, 1.807) is 12.1 Å². The number of thioether (sulfide) groups is 1. The van der Waals surface area contributed by atoms with Gasteiger partial charge in [-0.05, 0) is 17.8 Å². The van der Waals surface area contributed by atoms with E-state index in [1.165, 1.54) is 18.0 Å². The molecule has 13 heavy (non-hydrogen) atoms. The van der Waals surface area contributed by atoms with Gasteiger partial charge >= 0.3 is 0 Å². The third-order valence-electron chi connectivity index (χ3n) is 1.38. The Hall–Kier alpha value is -1.14. The first-order chi connectivity index (χ1) is 6.34. The van der Waals surface area contributed by atoms with Crippen LogP contribution >= 0.6 is 11.8 Å². The van der Waals surface area contributed by atoms with Gasteiger partial charge in [-0.2, -0.15) is 4.73 Å². The van der Waals surface area contributed by atoms with Crippen molar-refractivity contribution >= 4 is 11.8 Å². The topological polar surface area (TPSA) is 26.9 Å². The molecule has 0 saturated heterocycles. The first-order valence-electron chi connectivity index (χ1n) is 4.11. The number of pyridine rings is 1. The molecule has 0 unspecified atom stereocenters. The van der Waals surface area contributed by atoms with Gasteiger partial charge in [-0.3, -0.25) is 0 Å². The quantitative estimate of drug-likeness (QED) is 0.310. The van der Waals surface area contributed by atoms with E-state index in [1.807, 2.05) is 13.0 Å². The van der Waals surface area contributed by atoms with Crippen LogP contribution in [0.1, 0.15) is 13.3 Å². The zero-order chi connectivity index (χ0) is 9.52. The van der Waals surface area contributed by atoms with E-state index >= 15 is 0 Å². The normalized spacial score (nSPS) is 9.00. The SMILES string of the molecule is CCC#CCSc1cccc[n+]1[O-]. The number of aromatic nitrogens is 1. The molecule has 1 aromatic heterocycles. The van der Waals surface area contributed by atoms with Crippen LogP contribution in [-0.4, -0.2) is 5.75 Å². The van der Waals surface area contributed by atoms with Crippen molar-refractivity contribution in [3.05, 3.63) is 29.6 Å². The summed E-state index contributed by atoms with van der Waals surface area (Å²) < 4.78 is 0.859. The molecule has 0 amide bonds. The Kier molecular flexibility index (Phi) is 4.20. The fourth-order valence-corrected chi connectivity index (χ4v) is 1.50. The molecule has 0 spiro atoms. The zero-order valence-corrected chi connectivity index (χ0v) is 8.30. The molecule has 0 atom stereocenters. The van der Waals surface area contributed by atoms with E-state index in [9.17, 15) is 5.21 Å². The summed E-state index contributed by atoms with van der Waals surface area (Å²) in [5, 5.41) is 11.8. The molecule has 0 aromatic carbocycles. The summed E-state index contributed by atoms with van der Waals surface area (Å²) in [5.74, 6) is 6.61. The van der Waals surface area contributed by atoms with Crippen molar-refractivity contribution < 1.29 is 4.73 Å². The Balaban J connectivity index is 2.50. The molecule has 0 saturated carbocycles. The predicted molar refractivity (Wildman–Crippen MR) is 54.2 cm³/mol. The standard InChI is InChI=1S/C10H11NOS/c1-2-3-6-9-13-10-7-4-5-8-11(10)12/h4-5,7-8H,2,9H2,1H3. The van der Waals surface area contributed by atoms with Crippen molar-refractivity contribution in [1.29, 1.82) is 0 Å². The first-order valence-corrected chi connectivity index (χ1v) is 5.10. The van der Waals surface area contributed by atoms with Crippen LogP contribution in [0.4, 0.5) is 0 Å². The summed E-state index contributed by atoms with van der Waals surface area (Å²) in [6, 6.07) is 5.37. The molecule has 0 aliphatic heterocycles. The molecule has 0 N–H and O–H groups in total. The minimum atomic E-state index is 0.681. The van der Waals surface area contributed by atoms with Crippen molar-refractivity contribution in [2.75, 3.05) is 5.75 Å². The highest BCUT2D eigenvalue weighted by Gasteiger charge is 2.01. The molecular weight excluding hydrogens is 182 g/mol. The van der Waals surface area contributed by atoms with Crippen LogP contribution in [0.3, 0.4) is 0 Å². The van der Waals surface area contributed by atoms with Crippen LogP contribution in [0.25, 0.3) is 0 Å². The maximum atomic E-state index is 11.1. The smallest absolute Gasteiger partial charge is 0.252 e. The minimum absolute atomic E-state index is 0.681. The van der Waals surface area contributed by atoms with Gasteiger partial charge in [-0.15, -0.1) is 5.92 Å². The van der Waals surface area contributed by atoms with Gasteiger partial charge in [0, 0.05) is 18.6 Å². The predicted octanol–water partition coefficient (Wildman–Crippen LogP) is 1.83.